The highest BCUT2D eigenvalue weighted by molar-refractivity contribution is 7.91. The molecule has 1 unspecified atom stereocenters. The number of sulfone groups is 1. The van der Waals surface area contributed by atoms with E-state index in [0.29, 0.717) is 24.2 Å². The number of rotatable bonds is 5. The van der Waals surface area contributed by atoms with Crippen LogP contribution in [0.3, 0.4) is 0 Å². The van der Waals surface area contributed by atoms with Crippen LogP contribution in [0.15, 0.2) is 4.79 Å². The second-order valence-corrected chi connectivity index (χ2v) is 12.4. The molecule has 4 rings (SSSR count). The van der Waals surface area contributed by atoms with Crippen molar-refractivity contribution in [2.24, 2.45) is 0 Å². The Morgan fingerprint density at radius 1 is 1.23 bits per heavy atom. The van der Waals surface area contributed by atoms with Crippen molar-refractivity contribution in [2.75, 3.05) is 44.2 Å². The lowest BCUT2D eigenvalue weighted by Gasteiger charge is -2.34. The molecule has 0 aromatic carbocycles. The molecular formula is C20H29N5O4S2. The van der Waals surface area contributed by atoms with Crippen molar-refractivity contribution in [1.82, 2.24) is 25.1 Å². The molecule has 2 aliphatic rings. The van der Waals surface area contributed by atoms with Crippen molar-refractivity contribution in [3.05, 3.63) is 26.6 Å². The van der Waals surface area contributed by atoms with Crippen LogP contribution in [0.25, 0.3) is 10.2 Å². The lowest BCUT2D eigenvalue weighted by molar-refractivity contribution is -0.124. The van der Waals surface area contributed by atoms with Gasteiger partial charge in [-0.05, 0) is 32.8 Å². The number of hydrogen-bond acceptors (Lipinski definition) is 8. The molecule has 1 atom stereocenters. The molecule has 2 aromatic rings. The number of fused-ring (bicyclic) bond motifs is 1. The summed E-state index contributed by atoms with van der Waals surface area (Å²) in [6, 6.07) is 0. The van der Waals surface area contributed by atoms with Gasteiger partial charge in [-0.15, -0.1) is 11.3 Å². The molecule has 0 spiro atoms. The average Bonchev–Trinajstić information content (AvgIpc) is 3.11. The van der Waals surface area contributed by atoms with E-state index in [1.807, 2.05) is 13.8 Å². The van der Waals surface area contributed by atoms with Gasteiger partial charge in [-0.3, -0.25) is 19.4 Å². The van der Waals surface area contributed by atoms with Crippen LogP contribution in [0.1, 0.15) is 29.6 Å². The molecule has 4 heterocycles. The average molecular weight is 468 g/mol. The van der Waals surface area contributed by atoms with Gasteiger partial charge in [0.05, 0.1) is 35.5 Å². The highest BCUT2D eigenvalue weighted by Gasteiger charge is 2.39. The Labute approximate surface area is 185 Å². The van der Waals surface area contributed by atoms with Crippen molar-refractivity contribution >= 4 is 37.3 Å². The summed E-state index contributed by atoms with van der Waals surface area (Å²) in [7, 11) is -3.05. The van der Waals surface area contributed by atoms with Gasteiger partial charge in [0.1, 0.15) is 10.7 Å². The number of aromatic nitrogens is 2. The van der Waals surface area contributed by atoms with Crippen LogP contribution in [0.5, 0.6) is 0 Å². The molecule has 2 aromatic heterocycles. The lowest BCUT2D eigenvalue weighted by Crippen LogP contribution is -2.53. The molecule has 2 saturated heterocycles. The zero-order valence-corrected chi connectivity index (χ0v) is 19.8. The van der Waals surface area contributed by atoms with Crippen LogP contribution in [0.4, 0.5) is 0 Å². The summed E-state index contributed by atoms with van der Waals surface area (Å²) in [4.78, 5) is 38.7. The van der Waals surface area contributed by atoms with Gasteiger partial charge in [0.2, 0.25) is 5.91 Å². The first-order chi connectivity index (χ1) is 14.5. The van der Waals surface area contributed by atoms with Crippen molar-refractivity contribution < 1.29 is 13.2 Å². The van der Waals surface area contributed by atoms with Crippen molar-refractivity contribution in [2.45, 2.75) is 39.3 Å². The van der Waals surface area contributed by atoms with E-state index in [9.17, 15) is 18.0 Å². The van der Waals surface area contributed by atoms with Crippen LogP contribution >= 0.6 is 11.3 Å². The summed E-state index contributed by atoms with van der Waals surface area (Å²) in [5.41, 5.74) is 0.253. The minimum atomic E-state index is -3.05. The number of piperazine rings is 1. The fraction of sp³-hybridized carbons (Fsp3) is 0.650. The van der Waals surface area contributed by atoms with Crippen LogP contribution in [0.2, 0.25) is 0 Å². The third-order valence-corrected chi connectivity index (χ3v) is 9.24. The van der Waals surface area contributed by atoms with Gasteiger partial charge in [0.15, 0.2) is 9.84 Å². The lowest BCUT2D eigenvalue weighted by atomic mass is 10.0. The Hall–Kier alpha value is -1.82. The molecule has 170 valence electrons. The quantitative estimate of drug-likeness (QED) is 0.654. The first kappa shape index (κ1) is 22.4. The third kappa shape index (κ3) is 5.00. The number of carbonyl (C=O) groups excluding carboxylic acids is 1. The maximum Gasteiger partial charge on any atom is 0.259 e. The number of amides is 1. The van der Waals surface area contributed by atoms with E-state index in [2.05, 4.69) is 25.1 Å². The Bertz CT molecular complexity index is 1160. The number of H-pyrrole nitrogens is 1. The van der Waals surface area contributed by atoms with E-state index in [1.54, 1.807) is 18.3 Å². The number of nitrogens with one attached hydrogen (secondary N) is 2. The zero-order valence-electron chi connectivity index (χ0n) is 18.2. The van der Waals surface area contributed by atoms with Crippen molar-refractivity contribution in [3.8, 4) is 0 Å². The third-order valence-electron chi connectivity index (χ3n) is 6.24. The van der Waals surface area contributed by atoms with Gasteiger partial charge in [0, 0.05) is 31.1 Å². The smallest absolute Gasteiger partial charge is 0.259 e. The highest BCUT2D eigenvalue weighted by atomic mass is 32.2. The van der Waals surface area contributed by atoms with Gasteiger partial charge in [-0.25, -0.2) is 13.4 Å². The van der Waals surface area contributed by atoms with Gasteiger partial charge in [-0.2, -0.15) is 0 Å². The van der Waals surface area contributed by atoms with Crippen LogP contribution in [0, 0.1) is 13.8 Å². The second kappa shape index (κ2) is 8.27. The van der Waals surface area contributed by atoms with E-state index < -0.39 is 15.4 Å². The van der Waals surface area contributed by atoms with Gasteiger partial charge in [-0.1, -0.05) is 0 Å². The van der Waals surface area contributed by atoms with Gasteiger partial charge in [0.25, 0.3) is 5.56 Å². The van der Waals surface area contributed by atoms with E-state index in [4.69, 9.17) is 0 Å². The fourth-order valence-electron chi connectivity index (χ4n) is 4.38. The van der Waals surface area contributed by atoms with Gasteiger partial charge < -0.3 is 10.3 Å². The summed E-state index contributed by atoms with van der Waals surface area (Å²) in [6.07, 6.45) is 0.466. The summed E-state index contributed by atoms with van der Waals surface area (Å²) in [5, 5.41) is 3.60. The number of thiophene rings is 1. The number of hydrogen-bond donors (Lipinski definition) is 2. The molecule has 0 aliphatic carbocycles. The predicted molar refractivity (Wildman–Crippen MR) is 121 cm³/mol. The molecule has 2 aliphatic heterocycles. The van der Waals surface area contributed by atoms with Crippen LogP contribution < -0.4 is 10.9 Å². The van der Waals surface area contributed by atoms with E-state index >= 15 is 0 Å². The Balaban J connectivity index is 1.30. The summed E-state index contributed by atoms with van der Waals surface area (Å²) < 4.78 is 23.4. The number of aromatic amines is 1. The number of nitrogens with zero attached hydrogens (tertiary/aromatic N) is 3. The van der Waals surface area contributed by atoms with Crippen LogP contribution in [-0.4, -0.2) is 83.9 Å². The van der Waals surface area contributed by atoms with E-state index in [-0.39, 0.29) is 29.5 Å². The predicted octanol–water partition coefficient (Wildman–Crippen LogP) is 0.412. The Morgan fingerprint density at radius 3 is 2.55 bits per heavy atom. The summed E-state index contributed by atoms with van der Waals surface area (Å²) >= 11 is 1.55. The van der Waals surface area contributed by atoms with Crippen molar-refractivity contribution in [3.63, 3.8) is 0 Å². The van der Waals surface area contributed by atoms with E-state index in [1.165, 1.54) is 0 Å². The molecule has 31 heavy (non-hydrogen) atoms. The van der Waals surface area contributed by atoms with Crippen molar-refractivity contribution in [1.29, 1.82) is 0 Å². The van der Waals surface area contributed by atoms with Gasteiger partial charge >= 0.3 is 0 Å². The van der Waals surface area contributed by atoms with Crippen LogP contribution in [-0.2, 0) is 21.2 Å². The molecule has 2 N–H and O–H groups in total. The zero-order chi connectivity index (χ0) is 22.4. The molecule has 0 saturated carbocycles. The first-order valence-corrected chi connectivity index (χ1v) is 13.1. The maximum atomic E-state index is 12.5. The normalized spacial score (nSPS) is 24.6. The molecule has 1 amide bonds. The Kier molecular flexibility index (Phi) is 5.97. The SMILES string of the molecule is Cc1sc2nc(CN3CCN(CC(=O)NC4(C)CCS(=O)(=O)C4)CC3)[nH]c(=O)c2c1C. The molecular weight excluding hydrogens is 438 g/mol. The fourth-order valence-corrected chi connectivity index (χ4v) is 7.52. The summed E-state index contributed by atoms with van der Waals surface area (Å²) in [6.45, 7) is 9.57. The molecule has 0 bridgehead atoms. The Morgan fingerprint density at radius 2 is 1.90 bits per heavy atom. The maximum absolute atomic E-state index is 12.5. The largest absolute Gasteiger partial charge is 0.349 e. The minimum Gasteiger partial charge on any atom is -0.349 e. The van der Waals surface area contributed by atoms with E-state index in [0.717, 1.165) is 41.5 Å². The number of aryl methyl sites for hydroxylation is 2. The molecule has 9 nitrogen and oxygen atoms in total. The second-order valence-electron chi connectivity index (χ2n) is 8.98. The highest BCUT2D eigenvalue weighted by Crippen LogP contribution is 2.26. The number of carbonyl (C=O) groups is 1. The monoisotopic (exact) mass is 467 g/mol. The summed E-state index contributed by atoms with van der Waals surface area (Å²) in [5.74, 6) is 0.682. The minimum absolute atomic E-state index is 0.0123. The standard InChI is InChI=1S/C20H29N5O4S2/c1-13-14(2)30-19-17(13)18(27)21-15(22-19)10-24-5-7-25(8-6-24)11-16(26)23-20(3)4-9-31(28,29)12-20/h4-12H2,1-3H3,(H,23,26)(H,21,22,27). The molecule has 11 heteroatoms. The molecule has 0 radical (unpaired) electrons. The molecule has 2 fully saturated rings. The topological polar surface area (TPSA) is 115 Å². The first-order valence-electron chi connectivity index (χ1n) is 10.5.